The Labute approximate surface area is 236 Å². The molecule has 0 N–H and O–H groups in total. The molecule has 6 heteroatoms. The van der Waals surface area contributed by atoms with Crippen molar-refractivity contribution in [3.05, 3.63) is 10.1 Å². The van der Waals surface area contributed by atoms with Crippen molar-refractivity contribution in [3.8, 4) is 0 Å². The maximum Gasteiger partial charge on any atom is 0.302 e. The first kappa shape index (κ1) is 29.2. The number of fused-ring (bicyclic) bond motifs is 7. The van der Waals surface area contributed by atoms with Crippen LogP contribution in [0.15, 0.2) is 0 Å². The lowest BCUT2D eigenvalue weighted by Crippen LogP contribution is -2.66. The minimum atomic E-state index is -0.601. The van der Waals surface area contributed by atoms with E-state index in [-0.39, 0.29) is 40.3 Å². The van der Waals surface area contributed by atoms with Crippen LogP contribution in [0.25, 0.3) is 0 Å². The van der Waals surface area contributed by atoms with Crippen molar-refractivity contribution in [1.82, 2.24) is 0 Å². The van der Waals surface area contributed by atoms with Crippen molar-refractivity contribution < 1.29 is 19.5 Å². The van der Waals surface area contributed by atoms with Crippen LogP contribution >= 0.6 is 0 Å². The molecule has 10 atom stereocenters. The normalized spacial score (nSPS) is 48.3. The van der Waals surface area contributed by atoms with Gasteiger partial charge < -0.3 is 9.57 Å². The van der Waals surface area contributed by atoms with E-state index in [0.29, 0.717) is 40.9 Å². The standard InChI is InChI=1S/C33H55NO5/c1-21(2)23-11-16-33(19-20-38-34(36)37)18-17-31(7)24(28(23)33)9-10-26-30(6)14-13-27(39-22(3)35)29(4,5)25(30)12-15-32(26,31)8/h21,23-28H,9-20H2,1-8H3/t23-,24-,25-,26+,27-,28-,30-,31+,32+,33+/m0/s1. The van der Waals surface area contributed by atoms with Crippen LogP contribution in [0.1, 0.15) is 126 Å². The van der Waals surface area contributed by atoms with Gasteiger partial charge in [0, 0.05) is 12.3 Å². The van der Waals surface area contributed by atoms with E-state index in [1.165, 1.54) is 51.4 Å². The van der Waals surface area contributed by atoms with Gasteiger partial charge in [-0.05, 0) is 128 Å². The van der Waals surface area contributed by atoms with Crippen molar-refractivity contribution in [2.75, 3.05) is 6.61 Å². The summed E-state index contributed by atoms with van der Waals surface area (Å²) in [5.74, 6) is 3.79. The molecular formula is C33H55NO5. The molecule has 5 rings (SSSR count). The highest BCUT2D eigenvalue weighted by atomic mass is 16.9. The average Bonchev–Trinajstić information content (AvgIpc) is 3.21. The molecule has 0 amide bonds. The molecule has 39 heavy (non-hydrogen) atoms. The van der Waals surface area contributed by atoms with Gasteiger partial charge in [-0.25, -0.2) is 0 Å². The third kappa shape index (κ3) is 4.18. The lowest BCUT2D eigenvalue weighted by Gasteiger charge is -2.73. The van der Waals surface area contributed by atoms with Gasteiger partial charge in [-0.3, -0.25) is 4.79 Å². The highest BCUT2D eigenvalue weighted by molar-refractivity contribution is 5.66. The smallest absolute Gasteiger partial charge is 0.302 e. The van der Waals surface area contributed by atoms with Gasteiger partial charge >= 0.3 is 5.97 Å². The van der Waals surface area contributed by atoms with Gasteiger partial charge in [-0.15, -0.1) is 10.1 Å². The molecule has 0 saturated heterocycles. The topological polar surface area (TPSA) is 78.7 Å². The van der Waals surface area contributed by atoms with Crippen molar-refractivity contribution in [1.29, 1.82) is 0 Å². The molecule has 5 saturated carbocycles. The van der Waals surface area contributed by atoms with E-state index >= 15 is 0 Å². The van der Waals surface area contributed by atoms with Crippen LogP contribution in [0.4, 0.5) is 0 Å². The first-order chi connectivity index (χ1) is 18.1. The van der Waals surface area contributed by atoms with Gasteiger partial charge in [0.15, 0.2) is 0 Å². The van der Waals surface area contributed by atoms with Gasteiger partial charge in [0.25, 0.3) is 5.09 Å². The van der Waals surface area contributed by atoms with Crippen molar-refractivity contribution in [2.45, 2.75) is 132 Å². The third-order valence-electron chi connectivity index (χ3n) is 14.6. The summed E-state index contributed by atoms with van der Waals surface area (Å²) < 4.78 is 5.92. The average molecular weight is 546 g/mol. The Balaban J connectivity index is 1.47. The summed E-state index contributed by atoms with van der Waals surface area (Å²) in [6.07, 6.45) is 12.9. The Bertz CT molecular complexity index is 979. The monoisotopic (exact) mass is 545 g/mol. The van der Waals surface area contributed by atoms with E-state index in [9.17, 15) is 14.9 Å². The fourth-order valence-electron chi connectivity index (χ4n) is 12.7. The summed E-state index contributed by atoms with van der Waals surface area (Å²) in [6.45, 7) is 19.3. The number of carbonyl (C=O) groups is 1. The van der Waals surface area contributed by atoms with Crippen LogP contribution < -0.4 is 0 Å². The van der Waals surface area contributed by atoms with E-state index in [0.717, 1.165) is 19.3 Å². The summed E-state index contributed by atoms with van der Waals surface area (Å²) in [7, 11) is 0. The Morgan fingerprint density at radius 1 is 0.897 bits per heavy atom. The molecule has 0 radical (unpaired) electrons. The maximum atomic E-state index is 11.9. The number of nitrogens with zero attached hydrogens (tertiary/aromatic N) is 1. The molecule has 0 bridgehead atoms. The van der Waals surface area contributed by atoms with Crippen LogP contribution in [0.3, 0.4) is 0 Å². The molecule has 5 fully saturated rings. The Morgan fingerprint density at radius 3 is 2.26 bits per heavy atom. The number of rotatable bonds is 6. The first-order valence-electron chi connectivity index (χ1n) is 16.1. The number of esters is 1. The van der Waals surface area contributed by atoms with Gasteiger partial charge in [0.05, 0.1) is 6.61 Å². The fourth-order valence-corrected chi connectivity index (χ4v) is 12.7. The molecule has 0 aliphatic heterocycles. The molecule has 0 unspecified atom stereocenters. The Hall–Kier alpha value is -1.33. The second kappa shape index (κ2) is 9.61. The van der Waals surface area contributed by atoms with E-state index < -0.39 is 5.09 Å². The minimum absolute atomic E-state index is 0.00925. The van der Waals surface area contributed by atoms with Crippen molar-refractivity contribution in [2.24, 2.45) is 62.6 Å². The van der Waals surface area contributed by atoms with E-state index in [1.54, 1.807) is 6.92 Å². The quantitative estimate of drug-likeness (QED) is 0.191. The number of carbonyl (C=O) groups excluding carboxylic acids is 1. The van der Waals surface area contributed by atoms with Gasteiger partial charge in [-0.2, -0.15) is 0 Å². The summed E-state index contributed by atoms with van der Waals surface area (Å²) in [4.78, 5) is 27.9. The highest BCUT2D eigenvalue weighted by Crippen LogP contribution is 2.78. The predicted octanol–water partition coefficient (Wildman–Crippen LogP) is 8.25. The van der Waals surface area contributed by atoms with Crippen LogP contribution in [0.2, 0.25) is 0 Å². The summed E-state index contributed by atoms with van der Waals surface area (Å²) in [5.41, 5.74) is 1.03. The molecule has 0 heterocycles. The molecule has 222 valence electrons. The third-order valence-corrected chi connectivity index (χ3v) is 14.6. The zero-order valence-corrected chi connectivity index (χ0v) is 26.0. The molecule has 6 nitrogen and oxygen atoms in total. The van der Waals surface area contributed by atoms with Gasteiger partial charge in [-0.1, -0.05) is 48.5 Å². The highest BCUT2D eigenvalue weighted by Gasteiger charge is 2.71. The predicted molar refractivity (Wildman–Crippen MR) is 152 cm³/mol. The first-order valence-corrected chi connectivity index (χ1v) is 16.1. The molecular weight excluding hydrogens is 490 g/mol. The van der Waals surface area contributed by atoms with Gasteiger partial charge in [0.2, 0.25) is 0 Å². The van der Waals surface area contributed by atoms with E-state index in [1.807, 2.05) is 0 Å². The largest absolute Gasteiger partial charge is 0.462 e. The summed E-state index contributed by atoms with van der Waals surface area (Å²) in [6, 6.07) is 0. The second-order valence-electron chi connectivity index (χ2n) is 16.3. The van der Waals surface area contributed by atoms with Crippen molar-refractivity contribution >= 4 is 5.97 Å². The summed E-state index contributed by atoms with van der Waals surface area (Å²) >= 11 is 0. The molecule has 0 spiro atoms. The molecule has 5 aliphatic carbocycles. The lowest BCUT2D eigenvalue weighted by atomic mass is 9.32. The number of hydrogen-bond donors (Lipinski definition) is 0. The van der Waals surface area contributed by atoms with Gasteiger partial charge in [0.1, 0.15) is 6.10 Å². The van der Waals surface area contributed by atoms with E-state index in [2.05, 4.69) is 48.5 Å². The summed E-state index contributed by atoms with van der Waals surface area (Å²) in [5, 5.41) is 10.4. The van der Waals surface area contributed by atoms with E-state index in [4.69, 9.17) is 9.57 Å². The van der Waals surface area contributed by atoms with Crippen LogP contribution in [-0.4, -0.2) is 23.8 Å². The Morgan fingerprint density at radius 2 is 1.62 bits per heavy atom. The molecule has 0 aromatic rings. The number of hydrogen-bond acceptors (Lipinski definition) is 5. The minimum Gasteiger partial charge on any atom is -0.462 e. The SMILES string of the molecule is CC(=O)O[C@H]1CC[C@]2(C)[C@H]3CC[C@H]4[C@@H]5[C@H](C(C)C)CC[C@]5(CCO[N+](=O)[O-])CC[C@@]4(C)[C@]3(C)CC[C@H]2C1(C)C. The molecule has 5 aliphatic rings. The zero-order chi connectivity index (χ0) is 28.6. The second-order valence-corrected chi connectivity index (χ2v) is 16.3. The molecule has 0 aromatic heterocycles. The lowest BCUT2D eigenvalue weighted by molar-refractivity contribution is -0.758. The van der Waals surface area contributed by atoms with Crippen molar-refractivity contribution in [3.63, 3.8) is 0 Å². The van der Waals surface area contributed by atoms with Crippen LogP contribution in [-0.2, 0) is 14.4 Å². The number of ether oxygens (including phenoxy) is 1. The Kier molecular flexibility index (Phi) is 7.19. The van der Waals surface area contributed by atoms with Crippen LogP contribution in [0.5, 0.6) is 0 Å². The molecule has 0 aromatic carbocycles. The van der Waals surface area contributed by atoms with Crippen LogP contribution in [0, 0.1) is 72.7 Å². The maximum absolute atomic E-state index is 11.9. The fraction of sp³-hybridized carbons (Fsp3) is 0.970. The zero-order valence-electron chi connectivity index (χ0n) is 26.0.